The fourth-order valence-corrected chi connectivity index (χ4v) is 2.92. The van der Waals surface area contributed by atoms with Crippen LogP contribution in [-0.4, -0.2) is 22.3 Å². The van der Waals surface area contributed by atoms with Crippen molar-refractivity contribution < 1.29 is 9.26 Å². The Hall–Kier alpha value is -0.940. The number of nitrogens with two attached hydrogens (primary N) is 1. The molecule has 0 amide bonds. The lowest BCUT2D eigenvalue weighted by Crippen LogP contribution is -2.43. The highest BCUT2D eigenvalue weighted by Gasteiger charge is 2.34. The van der Waals surface area contributed by atoms with Crippen molar-refractivity contribution in [3.05, 3.63) is 11.7 Å². The first-order valence-electron chi connectivity index (χ1n) is 7.77. The minimum absolute atomic E-state index is 0.170. The molecule has 1 saturated carbocycles. The topological polar surface area (TPSA) is 74.2 Å². The van der Waals surface area contributed by atoms with Gasteiger partial charge in [-0.05, 0) is 33.1 Å². The Bertz CT molecular complexity index is 427. The molecule has 20 heavy (non-hydrogen) atoms. The Balaban J connectivity index is 2.08. The van der Waals surface area contributed by atoms with Crippen molar-refractivity contribution >= 4 is 0 Å². The zero-order valence-corrected chi connectivity index (χ0v) is 12.9. The Morgan fingerprint density at radius 2 is 2.00 bits per heavy atom. The smallest absolute Gasteiger partial charge is 0.228 e. The second kappa shape index (κ2) is 6.22. The van der Waals surface area contributed by atoms with E-state index in [-0.39, 0.29) is 5.54 Å². The van der Waals surface area contributed by atoms with Gasteiger partial charge in [0.1, 0.15) is 5.60 Å². The van der Waals surface area contributed by atoms with Gasteiger partial charge in [0.2, 0.25) is 11.7 Å². The van der Waals surface area contributed by atoms with E-state index in [0.717, 1.165) is 19.3 Å². The second-order valence-corrected chi connectivity index (χ2v) is 6.13. The Labute approximate surface area is 121 Å². The van der Waals surface area contributed by atoms with E-state index in [0.29, 0.717) is 24.7 Å². The molecule has 1 aromatic rings. The van der Waals surface area contributed by atoms with Crippen LogP contribution in [0.5, 0.6) is 0 Å². The molecule has 0 aromatic carbocycles. The fraction of sp³-hybridized carbons (Fsp3) is 0.867. The zero-order chi connectivity index (χ0) is 14.6. The van der Waals surface area contributed by atoms with Crippen LogP contribution in [0.1, 0.15) is 71.0 Å². The summed E-state index contributed by atoms with van der Waals surface area (Å²) < 4.78 is 11.2. The van der Waals surface area contributed by atoms with Crippen molar-refractivity contribution in [3.8, 4) is 0 Å². The van der Waals surface area contributed by atoms with Crippen LogP contribution in [0.2, 0.25) is 0 Å². The molecule has 1 aliphatic rings. The SMILES string of the molecule is CCOC(C)(CC)c1noc(CC2(N)CCCCC2)n1. The van der Waals surface area contributed by atoms with Gasteiger partial charge in [0, 0.05) is 18.6 Å². The molecule has 0 aliphatic heterocycles. The van der Waals surface area contributed by atoms with Crippen molar-refractivity contribution in [3.63, 3.8) is 0 Å². The lowest BCUT2D eigenvalue weighted by Gasteiger charge is -2.32. The first-order valence-corrected chi connectivity index (χ1v) is 7.77. The number of hydrogen-bond acceptors (Lipinski definition) is 5. The first-order chi connectivity index (χ1) is 9.51. The summed E-state index contributed by atoms with van der Waals surface area (Å²) in [6.07, 6.45) is 7.25. The summed E-state index contributed by atoms with van der Waals surface area (Å²) in [5, 5.41) is 4.11. The maximum Gasteiger partial charge on any atom is 0.228 e. The Morgan fingerprint density at radius 3 is 2.60 bits per heavy atom. The molecule has 2 rings (SSSR count). The monoisotopic (exact) mass is 281 g/mol. The van der Waals surface area contributed by atoms with Crippen LogP contribution in [0.4, 0.5) is 0 Å². The highest BCUT2D eigenvalue weighted by molar-refractivity contribution is 5.02. The van der Waals surface area contributed by atoms with Crippen LogP contribution in [0.25, 0.3) is 0 Å². The summed E-state index contributed by atoms with van der Waals surface area (Å²) in [5.41, 5.74) is 5.80. The summed E-state index contributed by atoms with van der Waals surface area (Å²) in [6.45, 7) is 6.68. The third-order valence-electron chi connectivity index (χ3n) is 4.43. The number of ether oxygens (including phenoxy) is 1. The number of aromatic nitrogens is 2. The van der Waals surface area contributed by atoms with Gasteiger partial charge in [-0.15, -0.1) is 0 Å². The Morgan fingerprint density at radius 1 is 1.30 bits per heavy atom. The summed E-state index contributed by atoms with van der Waals surface area (Å²) in [7, 11) is 0. The third-order valence-corrected chi connectivity index (χ3v) is 4.43. The summed E-state index contributed by atoms with van der Waals surface area (Å²) in [4.78, 5) is 4.53. The van der Waals surface area contributed by atoms with Crippen LogP contribution < -0.4 is 5.73 Å². The fourth-order valence-electron chi connectivity index (χ4n) is 2.92. The van der Waals surface area contributed by atoms with Gasteiger partial charge in [-0.2, -0.15) is 4.98 Å². The van der Waals surface area contributed by atoms with E-state index in [1.807, 2.05) is 13.8 Å². The quantitative estimate of drug-likeness (QED) is 0.867. The zero-order valence-electron chi connectivity index (χ0n) is 12.9. The molecule has 5 heteroatoms. The van der Waals surface area contributed by atoms with Crippen molar-refractivity contribution in [2.75, 3.05) is 6.61 Å². The van der Waals surface area contributed by atoms with Gasteiger partial charge in [-0.25, -0.2) is 0 Å². The maximum atomic E-state index is 6.44. The minimum Gasteiger partial charge on any atom is -0.367 e. The molecule has 0 saturated heterocycles. The molecule has 1 aromatic heterocycles. The van der Waals surface area contributed by atoms with Crippen LogP contribution in [0.15, 0.2) is 4.52 Å². The molecule has 0 radical (unpaired) electrons. The van der Waals surface area contributed by atoms with Gasteiger partial charge in [-0.1, -0.05) is 31.3 Å². The average Bonchev–Trinajstić information content (AvgIpc) is 2.88. The lowest BCUT2D eigenvalue weighted by atomic mass is 9.80. The molecule has 0 bridgehead atoms. The van der Waals surface area contributed by atoms with Crippen molar-refractivity contribution in [2.45, 2.75) is 76.9 Å². The van der Waals surface area contributed by atoms with Crippen LogP contribution >= 0.6 is 0 Å². The van der Waals surface area contributed by atoms with Gasteiger partial charge in [0.25, 0.3) is 0 Å². The van der Waals surface area contributed by atoms with E-state index in [9.17, 15) is 0 Å². The van der Waals surface area contributed by atoms with Gasteiger partial charge in [0.05, 0.1) is 0 Å². The van der Waals surface area contributed by atoms with Gasteiger partial charge in [-0.3, -0.25) is 0 Å². The standard InChI is InChI=1S/C15H27N3O2/c1-4-14(3,19-5-2)13-17-12(20-18-13)11-15(16)9-7-6-8-10-15/h4-11,16H2,1-3H3. The van der Waals surface area contributed by atoms with Crippen LogP contribution in [-0.2, 0) is 16.8 Å². The lowest BCUT2D eigenvalue weighted by molar-refractivity contribution is -0.0403. The van der Waals surface area contributed by atoms with Crippen LogP contribution in [0, 0.1) is 0 Å². The molecule has 1 atom stereocenters. The van der Waals surface area contributed by atoms with Gasteiger partial charge >= 0.3 is 0 Å². The molecule has 1 fully saturated rings. The molecule has 1 heterocycles. The molecule has 5 nitrogen and oxygen atoms in total. The highest BCUT2D eigenvalue weighted by Crippen LogP contribution is 2.30. The molecular formula is C15H27N3O2. The number of nitrogens with zero attached hydrogens (tertiary/aromatic N) is 2. The molecule has 1 unspecified atom stereocenters. The van der Waals surface area contributed by atoms with Crippen LogP contribution in [0.3, 0.4) is 0 Å². The highest BCUT2D eigenvalue weighted by atomic mass is 16.5. The average molecular weight is 281 g/mol. The third kappa shape index (κ3) is 3.38. The van der Waals surface area contributed by atoms with Crippen molar-refractivity contribution in [1.82, 2.24) is 10.1 Å². The summed E-state index contributed by atoms with van der Waals surface area (Å²) in [6, 6.07) is 0. The van der Waals surface area contributed by atoms with Crippen molar-refractivity contribution in [1.29, 1.82) is 0 Å². The first kappa shape index (κ1) is 15.4. The minimum atomic E-state index is -0.467. The van der Waals surface area contributed by atoms with E-state index < -0.39 is 5.60 Å². The van der Waals surface area contributed by atoms with E-state index in [2.05, 4.69) is 17.1 Å². The van der Waals surface area contributed by atoms with E-state index in [4.69, 9.17) is 15.0 Å². The largest absolute Gasteiger partial charge is 0.367 e. The van der Waals surface area contributed by atoms with Gasteiger partial charge < -0.3 is 15.0 Å². The normalized spacial score (nSPS) is 21.6. The molecule has 1 aliphatic carbocycles. The van der Waals surface area contributed by atoms with E-state index >= 15 is 0 Å². The second-order valence-electron chi connectivity index (χ2n) is 6.13. The molecular weight excluding hydrogens is 254 g/mol. The van der Waals surface area contributed by atoms with E-state index in [1.165, 1.54) is 19.3 Å². The van der Waals surface area contributed by atoms with Crippen molar-refractivity contribution in [2.24, 2.45) is 5.73 Å². The van der Waals surface area contributed by atoms with Gasteiger partial charge in [0.15, 0.2) is 0 Å². The summed E-state index contributed by atoms with van der Waals surface area (Å²) >= 11 is 0. The molecule has 114 valence electrons. The number of hydrogen-bond donors (Lipinski definition) is 1. The number of rotatable bonds is 6. The predicted octanol–water partition coefficient (Wildman–Crippen LogP) is 2.94. The van der Waals surface area contributed by atoms with E-state index in [1.54, 1.807) is 0 Å². The predicted molar refractivity (Wildman–Crippen MR) is 77.3 cm³/mol. The maximum absolute atomic E-state index is 6.44. The summed E-state index contributed by atoms with van der Waals surface area (Å²) in [5.74, 6) is 1.28. The molecule has 0 spiro atoms. The molecule has 2 N–H and O–H groups in total. The Kier molecular flexibility index (Phi) is 4.81.